The maximum absolute atomic E-state index is 14.5. The normalized spacial score (nSPS) is 12.6. The summed E-state index contributed by atoms with van der Waals surface area (Å²) in [5, 5.41) is 2.72. The highest BCUT2D eigenvalue weighted by Gasteiger charge is 2.35. The quantitative estimate of drug-likeness (QED) is 0.178. The third kappa shape index (κ3) is 8.49. The van der Waals surface area contributed by atoms with Crippen molar-refractivity contribution in [2.24, 2.45) is 0 Å². The van der Waals surface area contributed by atoms with Crippen LogP contribution in [0, 0.1) is 12.7 Å². The molecule has 4 aromatic carbocycles. The number of carbonyl (C=O) groups is 2. The Labute approximate surface area is 269 Å². The van der Waals surface area contributed by atoms with Crippen molar-refractivity contribution < 1.29 is 22.4 Å². The van der Waals surface area contributed by atoms with Gasteiger partial charge in [0.05, 0.1) is 15.6 Å². The van der Waals surface area contributed by atoms with Crippen molar-refractivity contribution in [1.29, 1.82) is 0 Å². The Kier molecular flexibility index (Phi) is 11.4. The van der Waals surface area contributed by atoms with Crippen LogP contribution in [0.1, 0.15) is 37.0 Å². The molecule has 1 N–H and O–H groups in total. The van der Waals surface area contributed by atoms with Gasteiger partial charge in [0, 0.05) is 19.0 Å². The van der Waals surface area contributed by atoms with Crippen LogP contribution < -0.4 is 9.62 Å². The molecular formula is C35H37ClFN3O4S. The van der Waals surface area contributed by atoms with Crippen molar-refractivity contribution in [1.82, 2.24) is 10.2 Å². The van der Waals surface area contributed by atoms with E-state index in [1.54, 1.807) is 18.2 Å². The summed E-state index contributed by atoms with van der Waals surface area (Å²) in [5.41, 5.74) is 2.57. The van der Waals surface area contributed by atoms with Crippen LogP contribution in [0.25, 0.3) is 0 Å². The number of hydrogen-bond donors (Lipinski definition) is 1. The van der Waals surface area contributed by atoms with Crippen LogP contribution in [0.15, 0.2) is 108 Å². The van der Waals surface area contributed by atoms with Gasteiger partial charge in [-0.3, -0.25) is 13.9 Å². The minimum absolute atomic E-state index is 0.0121. The van der Waals surface area contributed by atoms with E-state index < -0.39 is 34.3 Å². The van der Waals surface area contributed by atoms with Gasteiger partial charge in [-0.15, -0.1) is 0 Å². The summed E-state index contributed by atoms with van der Waals surface area (Å²) < 4.78 is 43.1. The summed E-state index contributed by atoms with van der Waals surface area (Å²) in [6.45, 7) is 5.15. The molecule has 0 fully saturated rings. The van der Waals surface area contributed by atoms with E-state index >= 15 is 0 Å². The number of anilines is 1. The molecule has 0 radical (unpaired) electrons. The molecule has 4 rings (SSSR count). The first kappa shape index (κ1) is 33.7. The Bertz CT molecular complexity index is 1720. The van der Waals surface area contributed by atoms with Gasteiger partial charge in [0.15, 0.2) is 0 Å². The zero-order valence-electron chi connectivity index (χ0n) is 25.5. The summed E-state index contributed by atoms with van der Waals surface area (Å²) in [5.74, 6) is -1.69. The maximum atomic E-state index is 14.5. The molecule has 0 saturated carbocycles. The molecule has 2 amide bonds. The molecule has 0 aliphatic rings. The van der Waals surface area contributed by atoms with Gasteiger partial charge in [-0.05, 0) is 67.3 Å². The highest BCUT2D eigenvalue weighted by atomic mass is 35.5. The van der Waals surface area contributed by atoms with E-state index in [-0.39, 0.29) is 40.5 Å². The van der Waals surface area contributed by atoms with Gasteiger partial charge >= 0.3 is 0 Å². The van der Waals surface area contributed by atoms with Crippen molar-refractivity contribution in [3.63, 3.8) is 0 Å². The predicted octanol–water partition coefficient (Wildman–Crippen LogP) is 6.54. The Morgan fingerprint density at radius 2 is 1.53 bits per heavy atom. The molecule has 4 aromatic rings. The molecule has 0 aliphatic heterocycles. The second-order valence-electron chi connectivity index (χ2n) is 10.9. The molecule has 10 heteroatoms. The van der Waals surface area contributed by atoms with Gasteiger partial charge in [0.2, 0.25) is 11.8 Å². The number of carbonyl (C=O) groups excluding carboxylic acids is 2. The highest BCUT2D eigenvalue weighted by molar-refractivity contribution is 7.92. The fourth-order valence-corrected chi connectivity index (χ4v) is 6.46. The number of rotatable bonds is 13. The molecule has 0 aliphatic carbocycles. The SMILES string of the molecule is CCC(C)NC(=O)C(Cc1ccccc1)N(Cc1ccccc1C)C(=O)CN(c1ccc(F)c(Cl)c1)S(=O)(=O)c1ccccc1. The second kappa shape index (κ2) is 15.2. The number of halogens is 2. The lowest BCUT2D eigenvalue weighted by Gasteiger charge is -2.34. The van der Waals surface area contributed by atoms with Gasteiger partial charge in [-0.25, -0.2) is 12.8 Å². The summed E-state index contributed by atoms with van der Waals surface area (Å²) in [6.07, 6.45) is 0.887. The van der Waals surface area contributed by atoms with Gasteiger partial charge in [0.25, 0.3) is 10.0 Å². The van der Waals surface area contributed by atoms with Gasteiger partial charge < -0.3 is 10.2 Å². The molecule has 2 atom stereocenters. The van der Waals surface area contributed by atoms with Crippen LogP contribution in [-0.4, -0.2) is 43.8 Å². The molecule has 236 valence electrons. The van der Waals surface area contributed by atoms with Crippen molar-refractivity contribution in [2.75, 3.05) is 10.8 Å². The number of benzene rings is 4. The van der Waals surface area contributed by atoms with Crippen LogP contribution in [0.5, 0.6) is 0 Å². The fourth-order valence-electron chi connectivity index (χ4n) is 4.85. The molecule has 0 bridgehead atoms. The molecule has 2 unspecified atom stereocenters. The summed E-state index contributed by atoms with van der Waals surface area (Å²) in [6, 6.07) is 26.9. The predicted molar refractivity (Wildman–Crippen MR) is 176 cm³/mol. The first-order valence-corrected chi connectivity index (χ1v) is 16.5. The smallest absolute Gasteiger partial charge is 0.264 e. The zero-order chi connectivity index (χ0) is 32.6. The molecule has 0 aromatic heterocycles. The van der Waals surface area contributed by atoms with Gasteiger partial charge in [-0.2, -0.15) is 0 Å². The van der Waals surface area contributed by atoms with E-state index in [0.717, 1.165) is 27.1 Å². The standard InChI is InChI=1S/C35H37ClFN3O4S/c1-4-26(3)38-35(42)33(21-27-14-7-5-8-15-27)39(23-28-16-12-11-13-25(28)2)34(41)24-40(29-19-20-32(37)31(36)22-29)45(43,44)30-17-9-6-10-18-30/h5-20,22,26,33H,4,21,23-24H2,1-3H3,(H,38,42). The van der Waals surface area contributed by atoms with Crippen molar-refractivity contribution in [2.45, 2.75) is 57.1 Å². The third-order valence-corrected chi connectivity index (χ3v) is 9.75. The lowest BCUT2D eigenvalue weighted by Crippen LogP contribution is -2.54. The lowest BCUT2D eigenvalue weighted by molar-refractivity contribution is -0.140. The monoisotopic (exact) mass is 649 g/mol. The van der Waals surface area contributed by atoms with Crippen LogP contribution in [0.2, 0.25) is 5.02 Å². The largest absolute Gasteiger partial charge is 0.352 e. The number of sulfonamides is 1. The van der Waals surface area contributed by atoms with Crippen molar-refractivity contribution in [3.05, 3.63) is 131 Å². The third-order valence-electron chi connectivity index (χ3n) is 7.68. The van der Waals surface area contributed by atoms with Crippen LogP contribution >= 0.6 is 11.6 Å². The lowest BCUT2D eigenvalue weighted by atomic mass is 10.0. The second-order valence-corrected chi connectivity index (χ2v) is 13.2. The summed E-state index contributed by atoms with van der Waals surface area (Å²) in [7, 11) is -4.32. The number of hydrogen-bond acceptors (Lipinski definition) is 4. The minimum Gasteiger partial charge on any atom is -0.352 e. The van der Waals surface area contributed by atoms with Crippen LogP contribution in [-0.2, 0) is 32.6 Å². The number of nitrogens with zero attached hydrogens (tertiary/aromatic N) is 2. The van der Waals surface area contributed by atoms with E-state index in [1.807, 2.05) is 75.4 Å². The Hall–Kier alpha value is -4.21. The van der Waals surface area contributed by atoms with E-state index in [0.29, 0.717) is 6.42 Å². The summed E-state index contributed by atoms with van der Waals surface area (Å²) in [4.78, 5) is 29.8. The molecule has 45 heavy (non-hydrogen) atoms. The fraction of sp³-hybridized carbons (Fsp3) is 0.257. The van der Waals surface area contributed by atoms with Crippen molar-refractivity contribution in [3.8, 4) is 0 Å². The Balaban J connectivity index is 1.83. The first-order chi connectivity index (χ1) is 21.5. The van der Waals surface area contributed by atoms with E-state index in [2.05, 4.69) is 5.32 Å². The number of nitrogens with one attached hydrogen (secondary N) is 1. The molecule has 7 nitrogen and oxygen atoms in total. The summed E-state index contributed by atoms with van der Waals surface area (Å²) >= 11 is 6.08. The average Bonchev–Trinajstić information content (AvgIpc) is 3.04. The van der Waals surface area contributed by atoms with Gasteiger partial charge in [-0.1, -0.05) is 91.3 Å². The average molecular weight is 650 g/mol. The topological polar surface area (TPSA) is 86.8 Å². The van der Waals surface area contributed by atoms with E-state index in [4.69, 9.17) is 11.6 Å². The molecule has 0 saturated heterocycles. The van der Waals surface area contributed by atoms with Crippen LogP contribution in [0.3, 0.4) is 0 Å². The van der Waals surface area contributed by atoms with E-state index in [9.17, 15) is 22.4 Å². The number of amides is 2. The van der Waals surface area contributed by atoms with Gasteiger partial charge in [0.1, 0.15) is 18.4 Å². The molecule has 0 heterocycles. The maximum Gasteiger partial charge on any atom is 0.264 e. The minimum atomic E-state index is -4.32. The van der Waals surface area contributed by atoms with Crippen LogP contribution in [0.4, 0.5) is 10.1 Å². The molecular weight excluding hydrogens is 613 g/mol. The zero-order valence-corrected chi connectivity index (χ0v) is 27.1. The Morgan fingerprint density at radius 1 is 0.911 bits per heavy atom. The number of aryl methyl sites for hydroxylation is 1. The highest BCUT2D eigenvalue weighted by Crippen LogP contribution is 2.28. The Morgan fingerprint density at radius 3 is 2.16 bits per heavy atom. The molecule has 0 spiro atoms. The van der Waals surface area contributed by atoms with Crippen molar-refractivity contribution >= 4 is 39.1 Å². The first-order valence-electron chi connectivity index (χ1n) is 14.7. The van der Waals surface area contributed by atoms with E-state index in [1.165, 1.54) is 29.2 Å².